The SMILES string of the molecule is COc1ccc([C@@H]2C[C@H](C)CC[C@H]2C(C)C)cc1. The molecular formula is C17H26O. The van der Waals surface area contributed by atoms with Gasteiger partial charge in [-0.05, 0) is 54.2 Å². The summed E-state index contributed by atoms with van der Waals surface area (Å²) in [6.07, 6.45) is 4.13. The first-order chi connectivity index (χ1) is 8.61. The number of benzene rings is 1. The van der Waals surface area contributed by atoms with Gasteiger partial charge < -0.3 is 4.74 Å². The Morgan fingerprint density at radius 3 is 2.33 bits per heavy atom. The van der Waals surface area contributed by atoms with Crippen molar-refractivity contribution in [3.05, 3.63) is 29.8 Å². The van der Waals surface area contributed by atoms with E-state index in [1.807, 2.05) is 0 Å². The minimum Gasteiger partial charge on any atom is -0.497 e. The third-order valence-corrected chi connectivity index (χ3v) is 4.57. The van der Waals surface area contributed by atoms with Crippen LogP contribution in [0.5, 0.6) is 5.75 Å². The Hall–Kier alpha value is -0.980. The Morgan fingerprint density at radius 2 is 1.78 bits per heavy atom. The first-order valence-corrected chi connectivity index (χ1v) is 7.25. The Bertz CT molecular complexity index is 366. The van der Waals surface area contributed by atoms with E-state index in [2.05, 4.69) is 45.0 Å². The molecule has 0 bridgehead atoms. The van der Waals surface area contributed by atoms with Crippen molar-refractivity contribution in [2.45, 2.75) is 46.0 Å². The highest BCUT2D eigenvalue weighted by Gasteiger charge is 2.31. The second kappa shape index (κ2) is 5.77. The van der Waals surface area contributed by atoms with E-state index in [-0.39, 0.29) is 0 Å². The van der Waals surface area contributed by atoms with Gasteiger partial charge in [0.2, 0.25) is 0 Å². The Morgan fingerprint density at radius 1 is 1.11 bits per heavy atom. The molecular weight excluding hydrogens is 220 g/mol. The van der Waals surface area contributed by atoms with E-state index in [9.17, 15) is 0 Å². The Balaban J connectivity index is 2.20. The van der Waals surface area contributed by atoms with E-state index in [1.54, 1.807) is 7.11 Å². The lowest BCUT2D eigenvalue weighted by molar-refractivity contribution is 0.197. The van der Waals surface area contributed by atoms with Crippen LogP contribution in [-0.4, -0.2) is 7.11 Å². The van der Waals surface area contributed by atoms with Crippen molar-refractivity contribution in [2.75, 3.05) is 7.11 Å². The molecule has 0 unspecified atom stereocenters. The van der Waals surface area contributed by atoms with Gasteiger partial charge in [0, 0.05) is 0 Å². The molecule has 3 atom stereocenters. The minimum atomic E-state index is 0.736. The van der Waals surface area contributed by atoms with Gasteiger partial charge in [0.05, 0.1) is 7.11 Å². The lowest BCUT2D eigenvalue weighted by Gasteiger charge is -2.37. The maximum absolute atomic E-state index is 5.25. The molecule has 0 amide bonds. The summed E-state index contributed by atoms with van der Waals surface area (Å²) in [4.78, 5) is 0. The highest BCUT2D eigenvalue weighted by molar-refractivity contribution is 5.30. The van der Waals surface area contributed by atoms with Gasteiger partial charge in [0.15, 0.2) is 0 Å². The number of rotatable bonds is 3. The molecule has 0 radical (unpaired) electrons. The summed E-state index contributed by atoms with van der Waals surface area (Å²) in [5.41, 5.74) is 1.50. The van der Waals surface area contributed by atoms with Crippen LogP contribution in [0.1, 0.15) is 51.5 Å². The molecule has 1 aliphatic rings. The van der Waals surface area contributed by atoms with Gasteiger partial charge in [0.1, 0.15) is 5.75 Å². The van der Waals surface area contributed by atoms with E-state index in [0.717, 1.165) is 29.4 Å². The van der Waals surface area contributed by atoms with E-state index < -0.39 is 0 Å². The second-order valence-corrected chi connectivity index (χ2v) is 6.21. The first kappa shape index (κ1) is 13.5. The first-order valence-electron chi connectivity index (χ1n) is 7.25. The van der Waals surface area contributed by atoms with Crippen molar-refractivity contribution in [3.8, 4) is 5.75 Å². The fourth-order valence-corrected chi connectivity index (χ4v) is 3.44. The number of hydrogen-bond acceptors (Lipinski definition) is 1. The smallest absolute Gasteiger partial charge is 0.118 e. The normalized spacial score (nSPS) is 28.4. The number of methoxy groups -OCH3 is 1. The molecule has 1 heteroatoms. The number of hydrogen-bond donors (Lipinski definition) is 0. The maximum Gasteiger partial charge on any atom is 0.118 e. The summed E-state index contributed by atoms with van der Waals surface area (Å²) < 4.78 is 5.25. The van der Waals surface area contributed by atoms with Crippen LogP contribution in [0.2, 0.25) is 0 Å². The fraction of sp³-hybridized carbons (Fsp3) is 0.647. The lowest BCUT2D eigenvalue weighted by atomic mass is 9.68. The molecule has 1 fully saturated rings. The molecule has 1 aromatic rings. The molecule has 0 N–H and O–H groups in total. The fourth-order valence-electron chi connectivity index (χ4n) is 3.44. The molecule has 0 saturated heterocycles. The standard InChI is InChI=1S/C17H26O/c1-12(2)16-10-5-13(3)11-17(16)14-6-8-15(18-4)9-7-14/h6-9,12-13,16-17H,5,10-11H2,1-4H3/t13-,16+,17+/m1/s1. The third-order valence-electron chi connectivity index (χ3n) is 4.57. The highest BCUT2D eigenvalue weighted by Crippen LogP contribution is 2.44. The molecule has 0 spiro atoms. The molecule has 1 aromatic carbocycles. The van der Waals surface area contributed by atoms with Crippen LogP contribution in [0.3, 0.4) is 0 Å². The van der Waals surface area contributed by atoms with Crippen molar-refractivity contribution in [2.24, 2.45) is 17.8 Å². The summed E-state index contributed by atoms with van der Waals surface area (Å²) in [6.45, 7) is 7.14. The molecule has 2 rings (SSSR count). The second-order valence-electron chi connectivity index (χ2n) is 6.21. The third kappa shape index (κ3) is 2.88. The lowest BCUT2D eigenvalue weighted by Crippen LogP contribution is -2.26. The predicted octanol–water partition coefficient (Wildman–Crippen LogP) is 4.87. The van der Waals surface area contributed by atoms with Gasteiger partial charge in [-0.2, -0.15) is 0 Å². The molecule has 18 heavy (non-hydrogen) atoms. The molecule has 0 aromatic heterocycles. The van der Waals surface area contributed by atoms with Crippen molar-refractivity contribution >= 4 is 0 Å². The summed E-state index contributed by atoms with van der Waals surface area (Å²) in [7, 11) is 1.73. The molecule has 100 valence electrons. The Kier molecular flexibility index (Phi) is 4.31. The van der Waals surface area contributed by atoms with Gasteiger partial charge in [-0.3, -0.25) is 0 Å². The summed E-state index contributed by atoms with van der Waals surface area (Å²) in [5, 5.41) is 0. The number of ether oxygens (including phenoxy) is 1. The topological polar surface area (TPSA) is 9.23 Å². The zero-order chi connectivity index (χ0) is 13.1. The van der Waals surface area contributed by atoms with Crippen molar-refractivity contribution in [3.63, 3.8) is 0 Å². The van der Waals surface area contributed by atoms with Crippen molar-refractivity contribution < 1.29 is 4.74 Å². The summed E-state index contributed by atoms with van der Waals surface area (Å²) >= 11 is 0. The molecule has 1 aliphatic carbocycles. The van der Waals surface area contributed by atoms with Crippen LogP contribution in [0.4, 0.5) is 0 Å². The van der Waals surface area contributed by atoms with E-state index in [1.165, 1.54) is 24.8 Å². The van der Waals surface area contributed by atoms with Crippen LogP contribution in [0, 0.1) is 17.8 Å². The molecule has 1 nitrogen and oxygen atoms in total. The highest BCUT2D eigenvalue weighted by atomic mass is 16.5. The maximum atomic E-state index is 5.25. The van der Waals surface area contributed by atoms with Gasteiger partial charge in [-0.1, -0.05) is 39.3 Å². The van der Waals surface area contributed by atoms with Crippen LogP contribution in [0.25, 0.3) is 0 Å². The van der Waals surface area contributed by atoms with Crippen LogP contribution in [0.15, 0.2) is 24.3 Å². The summed E-state index contributed by atoms with van der Waals surface area (Å²) in [6, 6.07) is 8.73. The van der Waals surface area contributed by atoms with E-state index in [0.29, 0.717) is 0 Å². The average Bonchev–Trinajstić information content (AvgIpc) is 2.38. The monoisotopic (exact) mass is 246 g/mol. The quantitative estimate of drug-likeness (QED) is 0.739. The van der Waals surface area contributed by atoms with Crippen LogP contribution < -0.4 is 4.74 Å². The molecule has 1 saturated carbocycles. The van der Waals surface area contributed by atoms with Gasteiger partial charge in [-0.25, -0.2) is 0 Å². The van der Waals surface area contributed by atoms with Gasteiger partial charge >= 0.3 is 0 Å². The summed E-state index contributed by atoms with van der Waals surface area (Å²) in [5.74, 6) is 4.19. The van der Waals surface area contributed by atoms with Crippen LogP contribution in [-0.2, 0) is 0 Å². The molecule has 0 aliphatic heterocycles. The van der Waals surface area contributed by atoms with Crippen LogP contribution >= 0.6 is 0 Å². The van der Waals surface area contributed by atoms with E-state index in [4.69, 9.17) is 4.74 Å². The van der Waals surface area contributed by atoms with Gasteiger partial charge in [0.25, 0.3) is 0 Å². The minimum absolute atomic E-state index is 0.736. The largest absolute Gasteiger partial charge is 0.497 e. The predicted molar refractivity (Wildman–Crippen MR) is 77.1 cm³/mol. The Labute approximate surface area is 112 Å². The van der Waals surface area contributed by atoms with Crippen molar-refractivity contribution in [1.29, 1.82) is 0 Å². The zero-order valence-corrected chi connectivity index (χ0v) is 12.1. The molecule has 0 heterocycles. The van der Waals surface area contributed by atoms with E-state index >= 15 is 0 Å². The van der Waals surface area contributed by atoms with Crippen molar-refractivity contribution in [1.82, 2.24) is 0 Å². The van der Waals surface area contributed by atoms with Gasteiger partial charge in [-0.15, -0.1) is 0 Å². The zero-order valence-electron chi connectivity index (χ0n) is 12.1. The average molecular weight is 246 g/mol.